The first-order chi connectivity index (χ1) is 13.3. The molecule has 0 heterocycles. The zero-order chi connectivity index (χ0) is 20.8. The van der Waals surface area contributed by atoms with Crippen LogP contribution in [0.15, 0.2) is 30.3 Å². The van der Waals surface area contributed by atoms with Crippen LogP contribution in [0.1, 0.15) is 57.4 Å². The normalized spacial score (nSPS) is 12.4. The molecule has 0 aromatic heterocycles. The molecule has 0 aliphatic rings. The topological polar surface area (TPSA) is 58.2 Å². The van der Waals surface area contributed by atoms with Gasteiger partial charge in [0, 0.05) is 25.8 Å². The van der Waals surface area contributed by atoms with Crippen LogP contribution < -0.4 is 10.6 Å². The molecule has 0 spiro atoms. The first-order valence-electron chi connectivity index (χ1n) is 10.7. The number of carbonyl (C=O) groups is 2. The number of quaternary nitrogens is 1. The summed E-state index contributed by atoms with van der Waals surface area (Å²) in [6, 6.07) is 9.35. The van der Waals surface area contributed by atoms with Crippen LogP contribution in [0.2, 0.25) is 0 Å². The van der Waals surface area contributed by atoms with E-state index in [1.54, 1.807) is 0 Å². The quantitative estimate of drug-likeness (QED) is 0.378. The molecular formula is C23H40N3O2+. The van der Waals surface area contributed by atoms with Crippen molar-refractivity contribution in [2.24, 2.45) is 0 Å². The van der Waals surface area contributed by atoms with Gasteiger partial charge in [-0.1, -0.05) is 62.9 Å². The number of nitrogens with zero attached hydrogens (tertiary/aromatic N) is 1. The minimum atomic E-state index is -0.519. The summed E-state index contributed by atoms with van der Waals surface area (Å²) >= 11 is 0. The van der Waals surface area contributed by atoms with Crippen molar-refractivity contribution < 1.29 is 14.1 Å². The molecule has 0 saturated heterocycles. The fourth-order valence-corrected chi connectivity index (χ4v) is 3.10. The van der Waals surface area contributed by atoms with Crippen LogP contribution in [0.3, 0.4) is 0 Å². The molecule has 2 N–H and O–H groups in total. The van der Waals surface area contributed by atoms with Crippen molar-refractivity contribution in [1.82, 2.24) is 10.6 Å². The number of hydrogen-bond acceptors (Lipinski definition) is 2. The van der Waals surface area contributed by atoms with Crippen LogP contribution in [-0.2, 0) is 16.0 Å². The molecule has 28 heavy (non-hydrogen) atoms. The first kappa shape index (κ1) is 24.2. The monoisotopic (exact) mass is 390 g/mol. The first-order valence-corrected chi connectivity index (χ1v) is 10.7. The molecule has 1 rings (SSSR count). The molecular weight excluding hydrogens is 350 g/mol. The maximum atomic E-state index is 12.7. The van der Waals surface area contributed by atoms with Gasteiger partial charge in [0.1, 0.15) is 6.04 Å². The van der Waals surface area contributed by atoms with Gasteiger partial charge in [-0.15, -0.1) is 0 Å². The van der Waals surface area contributed by atoms with E-state index in [0.717, 1.165) is 35.9 Å². The van der Waals surface area contributed by atoms with Crippen molar-refractivity contribution in [3.05, 3.63) is 35.9 Å². The molecule has 1 aromatic carbocycles. The Morgan fingerprint density at radius 1 is 0.964 bits per heavy atom. The molecule has 5 heteroatoms. The maximum Gasteiger partial charge on any atom is 0.242 e. The van der Waals surface area contributed by atoms with Crippen LogP contribution in [-0.4, -0.2) is 56.6 Å². The SMILES string of the molecule is CCCCCCCC(=O)N[C@@H](Cc1ccccc1)C(=O)NCCC[N+](C)(C)C. The highest BCUT2D eigenvalue weighted by Crippen LogP contribution is 2.07. The van der Waals surface area contributed by atoms with Crippen molar-refractivity contribution in [3.8, 4) is 0 Å². The van der Waals surface area contributed by atoms with Crippen LogP contribution in [0.5, 0.6) is 0 Å². The molecule has 0 bridgehead atoms. The lowest BCUT2D eigenvalue weighted by Crippen LogP contribution is -2.48. The summed E-state index contributed by atoms with van der Waals surface area (Å²) in [6.45, 7) is 3.81. The number of carbonyl (C=O) groups excluding carboxylic acids is 2. The molecule has 0 fully saturated rings. The number of benzene rings is 1. The van der Waals surface area contributed by atoms with Gasteiger partial charge < -0.3 is 15.1 Å². The summed E-state index contributed by atoms with van der Waals surface area (Å²) in [5, 5.41) is 5.96. The fourth-order valence-electron chi connectivity index (χ4n) is 3.10. The average Bonchev–Trinajstić information content (AvgIpc) is 2.64. The van der Waals surface area contributed by atoms with E-state index >= 15 is 0 Å². The summed E-state index contributed by atoms with van der Waals surface area (Å²) in [4.78, 5) is 25.0. The molecule has 0 radical (unpaired) electrons. The van der Waals surface area contributed by atoms with Gasteiger partial charge in [-0.3, -0.25) is 9.59 Å². The van der Waals surface area contributed by atoms with Crippen molar-refractivity contribution in [2.45, 2.75) is 64.3 Å². The number of unbranched alkanes of at least 4 members (excludes halogenated alkanes) is 4. The highest BCUT2D eigenvalue weighted by Gasteiger charge is 2.21. The second kappa shape index (κ2) is 13.3. The lowest BCUT2D eigenvalue weighted by Gasteiger charge is -2.24. The molecule has 0 saturated carbocycles. The highest BCUT2D eigenvalue weighted by molar-refractivity contribution is 5.87. The summed E-state index contributed by atoms with van der Waals surface area (Å²) in [7, 11) is 6.42. The van der Waals surface area contributed by atoms with Crippen molar-refractivity contribution in [2.75, 3.05) is 34.2 Å². The number of rotatable bonds is 14. The summed E-state index contributed by atoms with van der Waals surface area (Å²) in [5.41, 5.74) is 1.05. The third-order valence-corrected chi connectivity index (χ3v) is 4.75. The summed E-state index contributed by atoms with van der Waals surface area (Å²) < 4.78 is 0.873. The molecule has 2 amide bonds. The standard InChI is InChI=1S/C23H39N3O2/c1-5-6-7-8-12-16-22(27)25-21(19-20-14-10-9-11-15-20)23(28)24-17-13-18-26(2,3)4/h9-11,14-15,21H,5-8,12-13,16-19H2,1-4H3,(H-,24,25,27,28)/p+1/t21-/m0/s1. The van der Waals surface area contributed by atoms with Crippen molar-refractivity contribution >= 4 is 11.8 Å². The third kappa shape index (κ3) is 11.8. The minimum Gasteiger partial charge on any atom is -0.354 e. The Morgan fingerprint density at radius 3 is 2.29 bits per heavy atom. The zero-order valence-corrected chi connectivity index (χ0v) is 18.3. The van der Waals surface area contributed by atoms with E-state index in [4.69, 9.17) is 0 Å². The van der Waals surface area contributed by atoms with E-state index in [9.17, 15) is 9.59 Å². The molecule has 1 atom stereocenters. The fraction of sp³-hybridized carbons (Fsp3) is 0.652. The molecule has 0 aliphatic heterocycles. The average molecular weight is 391 g/mol. The summed E-state index contributed by atoms with van der Waals surface area (Å²) in [6.07, 6.45) is 7.46. The Hall–Kier alpha value is -1.88. The van der Waals surface area contributed by atoms with E-state index in [-0.39, 0.29) is 11.8 Å². The number of amides is 2. The smallest absolute Gasteiger partial charge is 0.242 e. The van der Waals surface area contributed by atoms with Gasteiger partial charge in [-0.25, -0.2) is 0 Å². The molecule has 5 nitrogen and oxygen atoms in total. The van der Waals surface area contributed by atoms with Gasteiger partial charge in [0.25, 0.3) is 0 Å². The van der Waals surface area contributed by atoms with Gasteiger partial charge in [0.05, 0.1) is 27.7 Å². The van der Waals surface area contributed by atoms with E-state index in [1.165, 1.54) is 19.3 Å². The molecule has 0 aliphatic carbocycles. The molecule has 1 aromatic rings. The van der Waals surface area contributed by atoms with Crippen LogP contribution in [0.25, 0.3) is 0 Å². The van der Waals surface area contributed by atoms with Gasteiger partial charge >= 0.3 is 0 Å². The highest BCUT2D eigenvalue weighted by atomic mass is 16.2. The van der Waals surface area contributed by atoms with Gasteiger partial charge in [0.2, 0.25) is 11.8 Å². The Bertz CT molecular complexity index is 567. The Balaban J connectivity index is 2.53. The van der Waals surface area contributed by atoms with Gasteiger partial charge in [-0.05, 0) is 12.0 Å². The van der Waals surface area contributed by atoms with Crippen LogP contribution >= 0.6 is 0 Å². The van der Waals surface area contributed by atoms with Crippen LogP contribution in [0.4, 0.5) is 0 Å². The third-order valence-electron chi connectivity index (χ3n) is 4.75. The largest absolute Gasteiger partial charge is 0.354 e. The van der Waals surface area contributed by atoms with E-state index in [2.05, 4.69) is 38.7 Å². The predicted molar refractivity (Wildman–Crippen MR) is 116 cm³/mol. The van der Waals surface area contributed by atoms with Crippen LogP contribution in [0, 0.1) is 0 Å². The summed E-state index contributed by atoms with van der Waals surface area (Å²) in [5.74, 6) is -0.122. The lowest BCUT2D eigenvalue weighted by molar-refractivity contribution is -0.870. The molecule has 158 valence electrons. The number of nitrogens with one attached hydrogen (secondary N) is 2. The van der Waals surface area contributed by atoms with E-state index in [0.29, 0.717) is 19.4 Å². The van der Waals surface area contributed by atoms with Crippen molar-refractivity contribution in [3.63, 3.8) is 0 Å². The lowest BCUT2D eigenvalue weighted by atomic mass is 10.0. The Kier molecular flexibility index (Phi) is 11.5. The van der Waals surface area contributed by atoms with Gasteiger partial charge in [-0.2, -0.15) is 0 Å². The van der Waals surface area contributed by atoms with Crippen molar-refractivity contribution in [1.29, 1.82) is 0 Å². The second-order valence-corrected chi connectivity index (χ2v) is 8.63. The molecule has 0 unspecified atom stereocenters. The second-order valence-electron chi connectivity index (χ2n) is 8.63. The Morgan fingerprint density at radius 2 is 1.64 bits per heavy atom. The zero-order valence-electron chi connectivity index (χ0n) is 18.3. The number of hydrogen-bond donors (Lipinski definition) is 2. The van der Waals surface area contributed by atoms with E-state index in [1.807, 2.05) is 30.3 Å². The minimum absolute atomic E-state index is 0.0288. The predicted octanol–water partition coefficient (Wildman–Crippen LogP) is 3.29. The van der Waals surface area contributed by atoms with Gasteiger partial charge in [0.15, 0.2) is 0 Å². The Labute approximate surface area is 171 Å². The van der Waals surface area contributed by atoms with E-state index < -0.39 is 6.04 Å². The maximum absolute atomic E-state index is 12.7.